The number of nitrogens with zero attached hydrogens (tertiary/aromatic N) is 1. The minimum atomic E-state index is -3.33. The molecule has 0 N–H and O–H groups in total. The highest BCUT2D eigenvalue weighted by Gasteiger charge is 2.53. The van der Waals surface area contributed by atoms with Crippen molar-refractivity contribution >= 4 is 9.84 Å². The summed E-state index contributed by atoms with van der Waals surface area (Å²) in [5, 5.41) is 9.27. The lowest BCUT2D eigenvalue weighted by atomic mass is 9.99. The molecule has 3 atom stereocenters. The molecule has 0 bridgehead atoms. The molecule has 1 aliphatic carbocycles. The molecular formula is C11H19NO3S. The van der Waals surface area contributed by atoms with Crippen molar-refractivity contribution in [1.29, 1.82) is 5.26 Å². The molecule has 0 aromatic carbocycles. The molecule has 92 valence electrons. The van der Waals surface area contributed by atoms with E-state index in [9.17, 15) is 13.7 Å². The fourth-order valence-electron chi connectivity index (χ4n) is 2.68. The monoisotopic (exact) mass is 245 g/mol. The summed E-state index contributed by atoms with van der Waals surface area (Å²) in [6, 6.07) is 2.06. The lowest BCUT2D eigenvalue weighted by Gasteiger charge is -2.25. The average molecular weight is 245 g/mol. The molecule has 0 aliphatic heterocycles. The van der Waals surface area contributed by atoms with Crippen LogP contribution < -0.4 is 0 Å². The second-order valence-electron chi connectivity index (χ2n) is 4.57. The maximum atomic E-state index is 12.1. The predicted molar refractivity (Wildman–Crippen MR) is 61.6 cm³/mol. The number of rotatable bonds is 4. The van der Waals surface area contributed by atoms with Crippen LogP contribution in [0.4, 0.5) is 0 Å². The third-order valence-electron chi connectivity index (χ3n) is 3.60. The van der Waals surface area contributed by atoms with Crippen LogP contribution in [0.15, 0.2) is 0 Å². The predicted octanol–water partition coefficient (Wildman–Crippen LogP) is 1.38. The summed E-state index contributed by atoms with van der Waals surface area (Å²) >= 11 is 0. The summed E-state index contributed by atoms with van der Waals surface area (Å²) in [6.45, 7) is 3.99. The van der Waals surface area contributed by atoms with Crippen molar-refractivity contribution in [2.24, 2.45) is 11.8 Å². The van der Waals surface area contributed by atoms with Gasteiger partial charge in [-0.05, 0) is 24.7 Å². The second kappa shape index (κ2) is 4.72. The van der Waals surface area contributed by atoms with Crippen molar-refractivity contribution in [2.45, 2.75) is 31.4 Å². The lowest BCUT2D eigenvalue weighted by Crippen LogP contribution is -2.41. The van der Waals surface area contributed by atoms with Gasteiger partial charge in [-0.1, -0.05) is 13.8 Å². The highest BCUT2D eigenvalue weighted by molar-refractivity contribution is 7.93. The van der Waals surface area contributed by atoms with E-state index in [4.69, 9.17) is 4.74 Å². The Bertz CT molecular complexity index is 385. The molecule has 1 saturated carbocycles. The molecule has 0 aromatic rings. The smallest absolute Gasteiger partial charge is 0.169 e. The highest BCUT2D eigenvalue weighted by Crippen LogP contribution is 2.45. The van der Waals surface area contributed by atoms with E-state index in [1.165, 1.54) is 0 Å². The Balaban J connectivity index is 3.04. The van der Waals surface area contributed by atoms with Gasteiger partial charge in [0, 0.05) is 19.5 Å². The van der Waals surface area contributed by atoms with Crippen molar-refractivity contribution < 1.29 is 13.2 Å². The van der Waals surface area contributed by atoms with E-state index in [2.05, 4.69) is 6.07 Å². The van der Waals surface area contributed by atoms with E-state index in [1.807, 2.05) is 6.92 Å². The van der Waals surface area contributed by atoms with E-state index in [0.29, 0.717) is 13.0 Å². The maximum Gasteiger partial charge on any atom is 0.169 e. The topological polar surface area (TPSA) is 67.2 Å². The number of nitriles is 1. The Labute approximate surface area is 97.5 Å². The van der Waals surface area contributed by atoms with Crippen molar-refractivity contribution in [3.05, 3.63) is 0 Å². The molecule has 4 nitrogen and oxygen atoms in total. The summed E-state index contributed by atoms with van der Waals surface area (Å²) in [7, 11) is -1.72. The van der Waals surface area contributed by atoms with Crippen LogP contribution in [0.3, 0.4) is 0 Å². The van der Waals surface area contributed by atoms with Crippen LogP contribution in [0.2, 0.25) is 0 Å². The molecule has 5 heteroatoms. The Kier molecular flexibility index (Phi) is 3.97. The van der Waals surface area contributed by atoms with Gasteiger partial charge in [0.2, 0.25) is 0 Å². The molecule has 0 saturated heterocycles. The van der Waals surface area contributed by atoms with Crippen molar-refractivity contribution in [2.75, 3.05) is 19.5 Å². The SMILES string of the molecule is CCS(=O)(=O)[C@]1(C#N)C[C@@H](COC)C[C@@H]1C. The first-order valence-electron chi connectivity index (χ1n) is 5.56. The molecule has 1 rings (SSSR count). The summed E-state index contributed by atoms with van der Waals surface area (Å²) in [6.07, 6.45) is 1.16. The summed E-state index contributed by atoms with van der Waals surface area (Å²) < 4.78 is 28.0. The minimum absolute atomic E-state index is 0.0323. The molecule has 0 unspecified atom stereocenters. The van der Waals surface area contributed by atoms with Gasteiger partial charge in [0.05, 0.1) is 6.07 Å². The van der Waals surface area contributed by atoms with Crippen LogP contribution in [0, 0.1) is 23.2 Å². The fraction of sp³-hybridized carbons (Fsp3) is 0.909. The van der Waals surface area contributed by atoms with E-state index < -0.39 is 14.6 Å². The summed E-state index contributed by atoms with van der Waals surface area (Å²) in [5.74, 6) is 0.105. The van der Waals surface area contributed by atoms with Gasteiger partial charge in [-0.15, -0.1) is 0 Å². The highest BCUT2D eigenvalue weighted by atomic mass is 32.2. The number of hydrogen-bond acceptors (Lipinski definition) is 4. The third kappa shape index (κ3) is 1.96. The van der Waals surface area contributed by atoms with Gasteiger partial charge in [-0.25, -0.2) is 8.42 Å². The van der Waals surface area contributed by atoms with E-state index in [-0.39, 0.29) is 17.6 Å². The second-order valence-corrected chi connectivity index (χ2v) is 7.10. The molecule has 1 fully saturated rings. The van der Waals surface area contributed by atoms with Gasteiger partial charge in [-0.3, -0.25) is 0 Å². The van der Waals surface area contributed by atoms with E-state index >= 15 is 0 Å². The lowest BCUT2D eigenvalue weighted by molar-refractivity contribution is 0.153. The number of hydrogen-bond donors (Lipinski definition) is 0. The molecule has 1 aliphatic rings. The maximum absolute atomic E-state index is 12.1. The molecular weight excluding hydrogens is 226 g/mol. The van der Waals surface area contributed by atoms with Gasteiger partial charge in [0.1, 0.15) is 0 Å². The van der Waals surface area contributed by atoms with Crippen LogP contribution in [0.25, 0.3) is 0 Å². The van der Waals surface area contributed by atoms with Gasteiger partial charge in [-0.2, -0.15) is 5.26 Å². The van der Waals surface area contributed by atoms with Gasteiger partial charge >= 0.3 is 0 Å². The van der Waals surface area contributed by atoms with Crippen molar-refractivity contribution in [3.8, 4) is 6.07 Å². The largest absolute Gasteiger partial charge is 0.384 e. The zero-order valence-electron chi connectivity index (χ0n) is 10.1. The van der Waals surface area contributed by atoms with Crippen LogP contribution in [-0.4, -0.2) is 32.6 Å². The zero-order valence-corrected chi connectivity index (χ0v) is 10.9. The Morgan fingerprint density at radius 2 is 2.19 bits per heavy atom. The van der Waals surface area contributed by atoms with Crippen LogP contribution in [0.1, 0.15) is 26.7 Å². The van der Waals surface area contributed by atoms with Gasteiger partial charge in [0.15, 0.2) is 14.6 Å². The normalized spacial score (nSPS) is 34.9. The van der Waals surface area contributed by atoms with E-state index in [0.717, 1.165) is 6.42 Å². The Hall–Kier alpha value is -0.600. The van der Waals surface area contributed by atoms with Crippen LogP contribution >= 0.6 is 0 Å². The molecule has 0 aromatic heterocycles. The number of sulfone groups is 1. The molecule has 0 radical (unpaired) electrons. The van der Waals surface area contributed by atoms with Gasteiger partial charge in [0.25, 0.3) is 0 Å². The van der Waals surface area contributed by atoms with E-state index in [1.54, 1.807) is 14.0 Å². The minimum Gasteiger partial charge on any atom is -0.384 e. The van der Waals surface area contributed by atoms with Crippen LogP contribution in [-0.2, 0) is 14.6 Å². The number of methoxy groups -OCH3 is 1. The first-order chi connectivity index (χ1) is 7.43. The van der Waals surface area contributed by atoms with Gasteiger partial charge < -0.3 is 4.74 Å². The summed E-state index contributed by atoms with van der Waals surface area (Å²) in [4.78, 5) is 0. The first kappa shape index (κ1) is 13.5. The molecule has 0 amide bonds. The zero-order chi connectivity index (χ0) is 12.4. The first-order valence-corrected chi connectivity index (χ1v) is 7.21. The van der Waals surface area contributed by atoms with Crippen LogP contribution in [0.5, 0.6) is 0 Å². The fourth-order valence-corrected chi connectivity index (χ4v) is 4.54. The average Bonchev–Trinajstić information content (AvgIpc) is 2.57. The Morgan fingerprint density at radius 1 is 1.56 bits per heavy atom. The Morgan fingerprint density at radius 3 is 2.62 bits per heavy atom. The standard InChI is InChI=1S/C11H19NO3S/c1-4-16(13,14)11(8-12)6-10(7-15-3)5-9(11)2/h9-10H,4-7H2,1-3H3/t9-,10-,11-/m0/s1. The van der Waals surface area contributed by atoms with Crippen molar-refractivity contribution in [3.63, 3.8) is 0 Å². The quantitative estimate of drug-likeness (QED) is 0.750. The van der Waals surface area contributed by atoms with Crippen molar-refractivity contribution in [1.82, 2.24) is 0 Å². The molecule has 0 heterocycles. The third-order valence-corrected chi connectivity index (χ3v) is 6.13. The summed E-state index contributed by atoms with van der Waals surface area (Å²) in [5.41, 5.74) is 0. The molecule has 16 heavy (non-hydrogen) atoms. The number of ether oxygens (including phenoxy) is 1. The molecule has 0 spiro atoms.